The Morgan fingerprint density at radius 3 is 2.36 bits per heavy atom. The van der Waals surface area contributed by atoms with E-state index in [0.717, 1.165) is 11.3 Å². The molecule has 5 nitrogen and oxygen atoms in total. The predicted molar refractivity (Wildman–Crippen MR) is 82.8 cm³/mol. The molecule has 0 unspecified atom stereocenters. The third-order valence-corrected chi connectivity index (χ3v) is 3.16. The van der Waals surface area contributed by atoms with E-state index in [1.54, 1.807) is 18.3 Å². The van der Waals surface area contributed by atoms with Gasteiger partial charge in [-0.15, -0.1) is 0 Å². The average molecular weight is 296 g/mol. The maximum Gasteiger partial charge on any atom is 0.255 e. The number of benzene rings is 2. The van der Waals surface area contributed by atoms with Crippen LogP contribution in [0.1, 0.15) is 10.4 Å². The smallest absolute Gasteiger partial charge is 0.255 e. The van der Waals surface area contributed by atoms with Crippen LogP contribution in [0.15, 0.2) is 54.7 Å². The Labute approximate surface area is 126 Å². The Bertz CT molecular complexity index is 794. The first-order chi connectivity index (χ1) is 10.6. The lowest BCUT2D eigenvalue weighted by Gasteiger charge is -2.06. The van der Waals surface area contributed by atoms with E-state index in [2.05, 4.69) is 15.3 Å². The highest BCUT2D eigenvalue weighted by Gasteiger charge is 2.07. The molecular formula is C16H13FN4O. The first-order valence-corrected chi connectivity index (χ1v) is 6.59. The highest BCUT2D eigenvalue weighted by atomic mass is 19.1. The zero-order valence-corrected chi connectivity index (χ0v) is 11.5. The summed E-state index contributed by atoms with van der Waals surface area (Å²) in [5.74, 6) is -0.318. The van der Waals surface area contributed by atoms with Crippen LogP contribution in [0.5, 0.6) is 0 Å². The van der Waals surface area contributed by atoms with Crippen LogP contribution in [0.25, 0.3) is 11.3 Å². The van der Waals surface area contributed by atoms with Crippen LogP contribution in [-0.4, -0.2) is 15.9 Å². The van der Waals surface area contributed by atoms with Crippen molar-refractivity contribution in [2.45, 2.75) is 0 Å². The Balaban J connectivity index is 1.73. The van der Waals surface area contributed by atoms with Gasteiger partial charge in [0, 0.05) is 11.3 Å². The van der Waals surface area contributed by atoms with E-state index in [4.69, 9.17) is 5.73 Å². The summed E-state index contributed by atoms with van der Waals surface area (Å²) >= 11 is 0. The number of anilines is 2. The van der Waals surface area contributed by atoms with Gasteiger partial charge in [0.05, 0.1) is 11.9 Å². The van der Waals surface area contributed by atoms with Crippen molar-refractivity contribution in [2.75, 3.05) is 11.1 Å². The first-order valence-electron chi connectivity index (χ1n) is 6.59. The molecule has 0 aliphatic heterocycles. The van der Waals surface area contributed by atoms with E-state index in [-0.39, 0.29) is 11.7 Å². The molecule has 0 spiro atoms. The molecule has 0 fully saturated rings. The number of nitrogens with one attached hydrogen (secondary N) is 2. The lowest BCUT2D eigenvalue weighted by Crippen LogP contribution is -2.11. The lowest BCUT2D eigenvalue weighted by atomic mass is 10.1. The summed E-state index contributed by atoms with van der Waals surface area (Å²) < 4.78 is 12.8. The fraction of sp³-hybridized carbons (Fsp3) is 0. The minimum absolute atomic E-state index is 0.293. The standard InChI is InChI=1S/C16H13FN4O/c17-12-5-1-11(2-6-12)15(22)20-13-7-3-10(4-8-13)14-9-19-16(18)21-14/h1-9H,(H,20,22)(H3,18,19,21). The van der Waals surface area contributed by atoms with Crippen molar-refractivity contribution in [1.82, 2.24) is 9.97 Å². The van der Waals surface area contributed by atoms with Gasteiger partial charge in [-0.1, -0.05) is 12.1 Å². The van der Waals surface area contributed by atoms with Gasteiger partial charge in [0.2, 0.25) is 0 Å². The van der Waals surface area contributed by atoms with Crippen LogP contribution >= 0.6 is 0 Å². The van der Waals surface area contributed by atoms with Crippen molar-refractivity contribution in [3.8, 4) is 11.3 Å². The summed E-state index contributed by atoms with van der Waals surface area (Å²) in [6.45, 7) is 0. The Hall–Kier alpha value is -3.15. The summed E-state index contributed by atoms with van der Waals surface area (Å²) in [6.07, 6.45) is 1.64. The Morgan fingerprint density at radius 1 is 1.09 bits per heavy atom. The van der Waals surface area contributed by atoms with Crippen molar-refractivity contribution in [3.63, 3.8) is 0 Å². The summed E-state index contributed by atoms with van der Waals surface area (Å²) in [6, 6.07) is 12.6. The van der Waals surface area contributed by atoms with Gasteiger partial charge in [-0.2, -0.15) is 0 Å². The van der Waals surface area contributed by atoms with E-state index in [9.17, 15) is 9.18 Å². The van der Waals surface area contributed by atoms with Crippen molar-refractivity contribution in [3.05, 3.63) is 66.1 Å². The van der Waals surface area contributed by atoms with Gasteiger partial charge in [0.1, 0.15) is 5.82 Å². The molecule has 1 heterocycles. The molecule has 3 aromatic rings. The highest BCUT2D eigenvalue weighted by Crippen LogP contribution is 2.20. The second-order valence-electron chi connectivity index (χ2n) is 4.72. The number of nitrogens with zero attached hydrogens (tertiary/aromatic N) is 1. The van der Waals surface area contributed by atoms with Gasteiger partial charge in [-0.3, -0.25) is 4.79 Å². The van der Waals surface area contributed by atoms with Crippen LogP contribution in [0.2, 0.25) is 0 Å². The summed E-state index contributed by atoms with van der Waals surface area (Å²) in [7, 11) is 0. The maximum absolute atomic E-state index is 12.8. The Kier molecular flexibility index (Phi) is 3.57. The fourth-order valence-corrected chi connectivity index (χ4v) is 2.02. The van der Waals surface area contributed by atoms with E-state index in [0.29, 0.717) is 17.2 Å². The van der Waals surface area contributed by atoms with Crippen LogP contribution in [0.3, 0.4) is 0 Å². The third-order valence-electron chi connectivity index (χ3n) is 3.16. The van der Waals surface area contributed by atoms with E-state index < -0.39 is 0 Å². The molecule has 4 N–H and O–H groups in total. The number of amides is 1. The highest BCUT2D eigenvalue weighted by molar-refractivity contribution is 6.04. The molecule has 6 heteroatoms. The summed E-state index contributed by atoms with van der Waals surface area (Å²) in [5.41, 5.74) is 8.28. The second kappa shape index (κ2) is 5.69. The number of aromatic amines is 1. The van der Waals surface area contributed by atoms with E-state index >= 15 is 0 Å². The third kappa shape index (κ3) is 2.95. The summed E-state index contributed by atoms with van der Waals surface area (Å²) in [4.78, 5) is 18.9. The minimum atomic E-state index is -0.375. The van der Waals surface area contributed by atoms with Crippen LogP contribution in [0.4, 0.5) is 16.0 Å². The van der Waals surface area contributed by atoms with Crippen LogP contribution < -0.4 is 11.1 Å². The van der Waals surface area contributed by atoms with Gasteiger partial charge in [-0.25, -0.2) is 9.37 Å². The average Bonchev–Trinajstić information content (AvgIpc) is 2.95. The number of carbonyl (C=O) groups is 1. The molecule has 3 rings (SSSR count). The summed E-state index contributed by atoms with van der Waals surface area (Å²) in [5, 5.41) is 2.75. The zero-order chi connectivity index (χ0) is 15.5. The van der Waals surface area contributed by atoms with Gasteiger partial charge in [-0.05, 0) is 42.0 Å². The first kappa shape index (κ1) is 13.8. The lowest BCUT2D eigenvalue weighted by molar-refractivity contribution is 0.102. The molecule has 0 saturated carbocycles. The Morgan fingerprint density at radius 2 is 1.77 bits per heavy atom. The van der Waals surface area contributed by atoms with Crippen molar-refractivity contribution in [2.24, 2.45) is 0 Å². The number of nitrogens with two attached hydrogens (primary N) is 1. The van der Waals surface area contributed by atoms with E-state index in [1.807, 2.05) is 12.1 Å². The van der Waals surface area contributed by atoms with Crippen LogP contribution in [0, 0.1) is 5.82 Å². The number of aromatic nitrogens is 2. The number of halogens is 1. The molecule has 22 heavy (non-hydrogen) atoms. The van der Waals surface area contributed by atoms with Crippen molar-refractivity contribution in [1.29, 1.82) is 0 Å². The molecule has 2 aromatic carbocycles. The molecule has 0 saturated heterocycles. The molecule has 0 atom stereocenters. The molecular weight excluding hydrogens is 283 g/mol. The maximum atomic E-state index is 12.8. The van der Waals surface area contributed by atoms with Gasteiger partial charge in [0.15, 0.2) is 5.95 Å². The molecule has 110 valence electrons. The van der Waals surface area contributed by atoms with Crippen LogP contribution in [-0.2, 0) is 0 Å². The zero-order valence-electron chi connectivity index (χ0n) is 11.5. The SMILES string of the molecule is Nc1ncc(-c2ccc(NC(=O)c3ccc(F)cc3)cc2)[nH]1. The predicted octanol–water partition coefficient (Wildman–Crippen LogP) is 3.05. The number of rotatable bonds is 3. The fourth-order valence-electron chi connectivity index (χ4n) is 2.02. The number of hydrogen-bond acceptors (Lipinski definition) is 3. The minimum Gasteiger partial charge on any atom is -0.369 e. The number of hydrogen-bond donors (Lipinski definition) is 3. The number of imidazole rings is 1. The van der Waals surface area contributed by atoms with Crippen molar-refractivity contribution >= 4 is 17.5 Å². The van der Waals surface area contributed by atoms with Gasteiger partial charge < -0.3 is 16.0 Å². The number of H-pyrrole nitrogens is 1. The quantitative estimate of drug-likeness (QED) is 0.694. The second-order valence-corrected chi connectivity index (χ2v) is 4.72. The monoisotopic (exact) mass is 296 g/mol. The number of nitrogen functional groups attached to an aromatic ring is 1. The molecule has 0 aliphatic carbocycles. The molecule has 1 amide bonds. The van der Waals surface area contributed by atoms with Gasteiger partial charge in [0.25, 0.3) is 5.91 Å². The molecule has 1 aromatic heterocycles. The number of carbonyl (C=O) groups excluding carboxylic acids is 1. The van der Waals surface area contributed by atoms with E-state index in [1.165, 1.54) is 24.3 Å². The molecule has 0 radical (unpaired) electrons. The largest absolute Gasteiger partial charge is 0.369 e. The molecule has 0 aliphatic rings. The van der Waals surface area contributed by atoms with Crippen molar-refractivity contribution < 1.29 is 9.18 Å². The van der Waals surface area contributed by atoms with Gasteiger partial charge >= 0.3 is 0 Å². The topological polar surface area (TPSA) is 83.8 Å². The molecule has 0 bridgehead atoms. The normalized spacial score (nSPS) is 10.4.